The SMILES string of the molecule is CCNCc1cccc(-c2cccc(Br)c2)c1. The van der Waals surface area contributed by atoms with Crippen LogP contribution in [0.5, 0.6) is 0 Å². The molecule has 2 heteroatoms. The highest BCUT2D eigenvalue weighted by molar-refractivity contribution is 9.10. The minimum atomic E-state index is 0.929. The second-order valence-electron chi connectivity index (χ2n) is 3.99. The maximum atomic E-state index is 3.51. The molecule has 2 rings (SSSR count). The average Bonchev–Trinajstić information content (AvgIpc) is 2.37. The van der Waals surface area contributed by atoms with Crippen molar-refractivity contribution in [2.75, 3.05) is 6.54 Å². The van der Waals surface area contributed by atoms with Crippen molar-refractivity contribution in [1.82, 2.24) is 5.32 Å². The molecule has 88 valence electrons. The number of hydrogen-bond acceptors (Lipinski definition) is 1. The highest BCUT2D eigenvalue weighted by Crippen LogP contribution is 2.23. The van der Waals surface area contributed by atoms with Gasteiger partial charge in [-0.1, -0.05) is 53.2 Å². The third-order valence-electron chi connectivity index (χ3n) is 2.66. The van der Waals surface area contributed by atoms with Gasteiger partial charge >= 0.3 is 0 Å². The minimum absolute atomic E-state index is 0.929. The Morgan fingerprint density at radius 1 is 1.00 bits per heavy atom. The van der Waals surface area contributed by atoms with Gasteiger partial charge in [-0.25, -0.2) is 0 Å². The van der Waals surface area contributed by atoms with Crippen LogP contribution in [0.4, 0.5) is 0 Å². The Morgan fingerprint density at radius 3 is 2.41 bits per heavy atom. The van der Waals surface area contributed by atoms with Gasteiger partial charge in [-0.3, -0.25) is 0 Å². The summed E-state index contributed by atoms with van der Waals surface area (Å²) in [5.74, 6) is 0. The number of rotatable bonds is 4. The molecule has 0 amide bonds. The Bertz CT molecular complexity index is 494. The van der Waals surface area contributed by atoms with Crippen molar-refractivity contribution in [1.29, 1.82) is 0 Å². The third kappa shape index (κ3) is 3.42. The highest BCUT2D eigenvalue weighted by atomic mass is 79.9. The minimum Gasteiger partial charge on any atom is -0.313 e. The molecule has 0 aliphatic carbocycles. The molecule has 0 aromatic heterocycles. The lowest BCUT2D eigenvalue weighted by atomic mass is 10.0. The topological polar surface area (TPSA) is 12.0 Å². The van der Waals surface area contributed by atoms with Gasteiger partial charge in [-0.05, 0) is 41.4 Å². The van der Waals surface area contributed by atoms with Crippen molar-refractivity contribution in [2.45, 2.75) is 13.5 Å². The molecular weight excluding hydrogens is 274 g/mol. The summed E-state index contributed by atoms with van der Waals surface area (Å²) < 4.78 is 1.12. The molecule has 0 aliphatic heterocycles. The second-order valence-corrected chi connectivity index (χ2v) is 4.91. The molecular formula is C15H16BrN. The van der Waals surface area contributed by atoms with Crippen molar-refractivity contribution in [3.05, 3.63) is 58.6 Å². The first kappa shape index (κ1) is 12.3. The van der Waals surface area contributed by atoms with Crippen LogP contribution in [0.1, 0.15) is 12.5 Å². The number of halogens is 1. The molecule has 0 spiro atoms. The normalized spacial score (nSPS) is 10.5. The van der Waals surface area contributed by atoms with Crippen LogP contribution in [0.2, 0.25) is 0 Å². The van der Waals surface area contributed by atoms with E-state index >= 15 is 0 Å². The zero-order valence-corrected chi connectivity index (χ0v) is 11.5. The maximum Gasteiger partial charge on any atom is 0.0205 e. The molecule has 0 saturated heterocycles. The van der Waals surface area contributed by atoms with Crippen LogP contribution >= 0.6 is 15.9 Å². The maximum absolute atomic E-state index is 3.51. The Morgan fingerprint density at radius 2 is 1.71 bits per heavy atom. The molecule has 1 N–H and O–H groups in total. The van der Waals surface area contributed by atoms with Gasteiger partial charge in [-0.15, -0.1) is 0 Å². The Kier molecular flexibility index (Phi) is 4.35. The van der Waals surface area contributed by atoms with E-state index in [0.717, 1.165) is 17.6 Å². The lowest BCUT2D eigenvalue weighted by Gasteiger charge is -2.06. The Balaban J connectivity index is 2.26. The predicted octanol–water partition coefficient (Wildman–Crippen LogP) is 4.23. The van der Waals surface area contributed by atoms with Crippen LogP contribution in [0.3, 0.4) is 0 Å². The zero-order chi connectivity index (χ0) is 12.1. The number of benzene rings is 2. The van der Waals surface area contributed by atoms with Gasteiger partial charge in [0.2, 0.25) is 0 Å². The number of hydrogen-bond donors (Lipinski definition) is 1. The fourth-order valence-electron chi connectivity index (χ4n) is 1.80. The first-order chi connectivity index (χ1) is 8.29. The van der Waals surface area contributed by atoms with Gasteiger partial charge in [0.05, 0.1) is 0 Å². The standard InChI is InChI=1S/C15H16BrN/c1-2-17-11-12-5-3-6-13(9-12)14-7-4-8-15(16)10-14/h3-10,17H,2,11H2,1H3. The average molecular weight is 290 g/mol. The van der Waals surface area contributed by atoms with E-state index in [2.05, 4.69) is 70.6 Å². The summed E-state index contributed by atoms with van der Waals surface area (Å²) in [5.41, 5.74) is 3.84. The largest absolute Gasteiger partial charge is 0.313 e. The van der Waals surface area contributed by atoms with E-state index in [-0.39, 0.29) is 0 Å². The lowest BCUT2D eigenvalue weighted by molar-refractivity contribution is 0.727. The summed E-state index contributed by atoms with van der Waals surface area (Å²) >= 11 is 3.51. The predicted molar refractivity (Wildman–Crippen MR) is 77.0 cm³/mol. The molecule has 2 aromatic carbocycles. The fourth-order valence-corrected chi connectivity index (χ4v) is 2.20. The van der Waals surface area contributed by atoms with Crippen molar-refractivity contribution < 1.29 is 0 Å². The highest BCUT2D eigenvalue weighted by Gasteiger charge is 1.99. The molecule has 0 atom stereocenters. The molecule has 0 fully saturated rings. The van der Waals surface area contributed by atoms with E-state index in [1.165, 1.54) is 16.7 Å². The quantitative estimate of drug-likeness (QED) is 0.888. The molecule has 0 saturated carbocycles. The molecule has 1 nitrogen and oxygen atoms in total. The van der Waals surface area contributed by atoms with E-state index in [9.17, 15) is 0 Å². The molecule has 0 radical (unpaired) electrons. The second kappa shape index (κ2) is 5.99. The molecule has 0 bridgehead atoms. The summed E-state index contributed by atoms with van der Waals surface area (Å²) in [6.07, 6.45) is 0. The van der Waals surface area contributed by atoms with E-state index < -0.39 is 0 Å². The first-order valence-electron chi connectivity index (χ1n) is 5.85. The zero-order valence-electron chi connectivity index (χ0n) is 9.91. The van der Waals surface area contributed by atoms with Gasteiger partial charge in [0.25, 0.3) is 0 Å². The molecule has 0 heterocycles. The molecule has 17 heavy (non-hydrogen) atoms. The fraction of sp³-hybridized carbons (Fsp3) is 0.200. The Labute approximate surface area is 111 Å². The van der Waals surface area contributed by atoms with Crippen molar-refractivity contribution in [3.63, 3.8) is 0 Å². The van der Waals surface area contributed by atoms with Gasteiger partial charge < -0.3 is 5.32 Å². The van der Waals surface area contributed by atoms with Crippen LogP contribution in [0.25, 0.3) is 11.1 Å². The van der Waals surface area contributed by atoms with Crippen LogP contribution < -0.4 is 5.32 Å². The van der Waals surface area contributed by atoms with E-state index in [0.29, 0.717) is 0 Å². The summed E-state index contributed by atoms with van der Waals surface area (Å²) in [7, 11) is 0. The van der Waals surface area contributed by atoms with Crippen molar-refractivity contribution >= 4 is 15.9 Å². The molecule has 2 aromatic rings. The lowest BCUT2D eigenvalue weighted by Crippen LogP contribution is -2.11. The van der Waals surface area contributed by atoms with Crippen LogP contribution in [0.15, 0.2) is 53.0 Å². The van der Waals surface area contributed by atoms with Crippen LogP contribution in [0, 0.1) is 0 Å². The Hall–Kier alpha value is -1.12. The molecule has 0 unspecified atom stereocenters. The van der Waals surface area contributed by atoms with E-state index in [4.69, 9.17) is 0 Å². The smallest absolute Gasteiger partial charge is 0.0205 e. The monoisotopic (exact) mass is 289 g/mol. The van der Waals surface area contributed by atoms with E-state index in [1.54, 1.807) is 0 Å². The summed E-state index contributed by atoms with van der Waals surface area (Å²) in [6, 6.07) is 17.1. The van der Waals surface area contributed by atoms with Crippen LogP contribution in [-0.2, 0) is 6.54 Å². The molecule has 0 aliphatic rings. The van der Waals surface area contributed by atoms with E-state index in [1.807, 2.05) is 6.07 Å². The number of nitrogens with one attached hydrogen (secondary N) is 1. The van der Waals surface area contributed by atoms with Gasteiger partial charge in [-0.2, -0.15) is 0 Å². The van der Waals surface area contributed by atoms with Crippen molar-refractivity contribution in [2.24, 2.45) is 0 Å². The summed E-state index contributed by atoms with van der Waals surface area (Å²) in [4.78, 5) is 0. The summed E-state index contributed by atoms with van der Waals surface area (Å²) in [6.45, 7) is 4.05. The first-order valence-corrected chi connectivity index (χ1v) is 6.64. The van der Waals surface area contributed by atoms with Crippen molar-refractivity contribution in [3.8, 4) is 11.1 Å². The van der Waals surface area contributed by atoms with Gasteiger partial charge in [0, 0.05) is 11.0 Å². The summed E-state index contributed by atoms with van der Waals surface area (Å²) in [5, 5.41) is 3.35. The van der Waals surface area contributed by atoms with Crippen LogP contribution in [-0.4, -0.2) is 6.54 Å². The van der Waals surface area contributed by atoms with Gasteiger partial charge in [0.15, 0.2) is 0 Å². The third-order valence-corrected chi connectivity index (χ3v) is 3.16. The van der Waals surface area contributed by atoms with Gasteiger partial charge in [0.1, 0.15) is 0 Å².